The van der Waals surface area contributed by atoms with E-state index >= 15 is 8.78 Å². The zero-order valence-corrected chi connectivity index (χ0v) is 23.4. The molecule has 2 fully saturated rings. The first-order valence-corrected chi connectivity index (χ1v) is 12.8. The standard InChI is InChI=1S/C24H39F2N3O11/c1-22(2,3)39-20(34)28-14-10-11-29(19(33)27-14)18-24(25,26)17(38-21(35)40-23(4,5)6)13(37-18)12-36-16(32)9-7-8-15(30)31/h13-14,17-19,27,33H,7-12H2,1-6H3,(H,28,34)(H,30,31)/t13-,14?,17?,18-,19?/m1/s1. The van der Waals surface area contributed by atoms with Gasteiger partial charge in [0, 0.05) is 19.4 Å². The van der Waals surface area contributed by atoms with Crippen LogP contribution >= 0.6 is 0 Å². The van der Waals surface area contributed by atoms with Gasteiger partial charge in [-0.3, -0.25) is 14.9 Å². The Morgan fingerprint density at radius 2 is 1.70 bits per heavy atom. The summed E-state index contributed by atoms with van der Waals surface area (Å²) in [5, 5.41) is 24.3. The average Bonchev–Trinajstić information content (AvgIpc) is 2.99. The highest BCUT2D eigenvalue weighted by Gasteiger charge is 2.64. The van der Waals surface area contributed by atoms with Crippen molar-refractivity contribution in [1.82, 2.24) is 15.5 Å². The van der Waals surface area contributed by atoms with Crippen LogP contribution in [0.3, 0.4) is 0 Å². The molecular weight excluding hydrogens is 544 g/mol. The quantitative estimate of drug-likeness (QED) is 0.228. The van der Waals surface area contributed by atoms with Gasteiger partial charge in [-0.2, -0.15) is 8.78 Å². The minimum atomic E-state index is -3.91. The first-order valence-electron chi connectivity index (χ1n) is 12.8. The van der Waals surface area contributed by atoms with Crippen LogP contribution in [-0.4, -0.2) is 101 Å². The van der Waals surface area contributed by atoms with Crippen molar-refractivity contribution in [3.05, 3.63) is 0 Å². The lowest BCUT2D eigenvalue weighted by molar-refractivity contribution is -0.221. The molecule has 3 unspecified atom stereocenters. The third-order valence-electron chi connectivity index (χ3n) is 5.48. The average molecular weight is 584 g/mol. The van der Waals surface area contributed by atoms with Gasteiger partial charge in [0.05, 0.1) is 6.17 Å². The number of ether oxygens (including phenoxy) is 5. The molecule has 2 heterocycles. The Kier molecular flexibility index (Phi) is 11.0. The zero-order chi connectivity index (χ0) is 30.5. The maximum Gasteiger partial charge on any atom is 0.509 e. The number of halogens is 2. The molecule has 2 aliphatic rings. The van der Waals surface area contributed by atoms with Crippen LogP contribution in [0.2, 0.25) is 0 Å². The van der Waals surface area contributed by atoms with E-state index in [0.717, 1.165) is 4.90 Å². The van der Waals surface area contributed by atoms with E-state index in [4.69, 9.17) is 28.8 Å². The summed E-state index contributed by atoms with van der Waals surface area (Å²) in [5.74, 6) is -5.88. The molecule has 5 atom stereocenters. The van der Waals surface area contributed by atoms with Crippen molar-refractivity contribution in [2.75, 3.05) is 13.2 Å². The molecule has 2 aliphatic heterocycles. The number of aliphatic hydroxyl groups is 1. The number of alkyl halides is 2. The molecule has 40 heavy (non-hydrogen) atoms. The Morgan fingerprint density at radius 3 is 2.25 bits per heavy atom. The Hall–Kier alpha value is -2.82. The van der Waals surface area contributed by atoms with E-state index in [1.165, 1.54) is 20.8 Å². The number of hydrogen-bond acceptors (Lipinski definition) is 12. The largest absolute Gasteiger partial charge is 0.509 e. The lowest BCUT2D eigenvalue weighted by Gasteiger charge is -2.41. The van der Waals surface area contributed by atoms with Crippen molar-refractivity contribution in [3.63, 3.8) is 0 Å². The maximum atomic E-state index is 15.6. The minimum Gasteiger partial charge on any atom is -0.481 e. The fourth-order valence-electron chi connectivity index (χ4n) is 3.87. The topological polar surface area (TPSA) is 182 Å². The first-order chi connectivity index (χ1) is 18.3. The number of hydrogen-bond donors (Lipinski definition) is 4. The van der Waals surface area contributed by atoms with Crippen molar-refractivity contribution in [1.29, 1.82) is 0 Å². The van der Waals surface area contributed by atoms with Gasteiger partial charge in [0.25, 0.3) is 0 Å². The van der Waals surface area contributed by atoms with Crippen molar-refractivity contribution < 1.29 is 61.9 Å². The second kappa shape index (κ2) is 13.2. The SMILES string of the molecule is CC(C)(C)OC(=O)NC1CCN([C@@H]2O[C@H](COC(=O)CCCC(=O)O)C(OC(=O)OC(C)(C)C)C2(F)F)C(O)N1. The Labute approximate surface area is 230 Å². The molecule has 0 aromatic heterocycles. The van der Waals surface area contributed by atoms with Crippen molar-refractivity contribution in [2.45, 2.75) is 115 Å². The number of nitrogens with one attached hydrogen (secondary N) is 2. The molecule has 230 valence electrons. The molecule has 0 bridgehead atoms. The predicted molar refractivity (Wildman–Crippen MR) is 131 cm³/mol. The van der Waals surface area contributed by atoms with Crippen LogP contribution in [0.4, 0.5) is 18.4 Å². The van der Waals surface area contributed by atoms with Crippen LogP contribution in [0.15, 0.2) is 0 Å². The maximum absolute atomic E-state index is 15.6. The highest BCUT2D eigenvalue weighted by atomic mass is 19.3. The summed E-state index contributed by atoms with van der Waals surface area (Å²) >= 11 is 0. The molecule has 0 aromatic rings. The number of rotatable bonds is 9. The summed E-state index contributed by atoms with van der Waals surface area (Å²) < 4.78 is 56.8. The van der Waals surface area contributed by atoms with Gasteiger partial charge in [0.1, 0.15) is 23.9 Å². The summed E-state index contributed by atoms with van der Waals surface area (Å²) in [6.45, 7) is 8.58. The van der Waals surface area contributed by atoms with Gasteiger partial charge in [0.2, 0.25) is 6.10 Å². The summed E-state index contributed by atoms with van der Waals surface area (Å²) in [6.07, 6.45) is -11.3. The molecule has 0 aromatic carbocycles. The van der Waals surface area contributed by atoms with Crippen molar-refractivity contribution >= 4 is 24.2 Å². The Bertz CT molecular complexity index is 923. The molecule has 0 aliphatic carbocycles. The number of aliphatic hydroxyl groups excluding tert-OH is 1. The lowest BCUT2D eigenvalue weighted by atomic mass is 10.1. The van der Waals surface area contributed by atoms with Crippen molar-refractivity contribution in [2.24, 2.45) is 0 Å². The molecule has 0 radical (unpaired) electrons. The van der Waals surface area contributed by atoms with Crippen LogP contribution in [0.5, 0.6) is 0 Å². The molecule has 16 heteroatoms. The summed E-state index contributed by atoms with van der Waals surface area (Å²) in [6, 6.07) is 0. The molecule has 1 amide bonds. The fraction of sp³-hybridized carbons (Fsp3) is 0.833. The normalized spacial score (nSPS) is 27.0. The first kappa shape index (κ1) is 33.4. The zero-order valence-electron chi connectivity index (χ0n) is 23.4. The van der Waals surface area contributed by atoms with Gasteiger partial charge < -0.3 is 39.2 Å². The number of carboxylic acids is 1. The predicted octanol–water partition coefficient (Wildman–Crippen LogP) is 1.89. The van der Waals surface area contributed by atoms with E-state index in [1.807, 2.05) is 0 Å². The van der Waals surface area contributed by atoms with E-state index < -0.39 is 78.9 Å². The number of amides is 1. The van der Waals surface area contributed by atoms with E-state index in [1.54, 1.807) is 20.8 Å². The highest BCUT2D eigenvalue weighted by Crippen LogP contribution is 2.41. The van der Waals surface area contributed by atoms with Crippen LogP contribution < -0.4 is 10.6 Å². The third-order valence-corrected chi connectivity index (χ3v) is 5.48. The summed E-state index contributed by atoms with van der Waals surface area (Å²) in [7, 11) is 0. The molecule has 2 rings (SSSR count). The fourth-order valence-corrected chi connectivity index (χ4v) is 3.87. The number of carbonyl (C=O) groups is 4. The number of nitrogens with zero attached hydrogens (tertiary/aromatic N) is 1. The van der Waals surface area contributed by atoms with Gasteiger partial charge in [-0.15, -0.1) is 0 Å². The number of aliphatic carboxylic acids is 1. The number of carboxylic acid groups (broad SMARTS) is 1. The Morgan fingerprint density at radius 1 is 1.07 bits per heavy atom. The molecule has 0 spiro atoms. The van der Waals surface area contributed by atoms with E-state index in [2.05, 4.69) is 10.6 Å². The number of carbonyl (C=O) groups excluding carboxylic acids is 3. The lowest BCUT2D eigenvalue weighted by Crippen LogP contribution is -2.66. The Balaban J connectivity index is 2.12. The molecular formula is C24H39F2N3O11. The van der Waals surface area contributed by atoms with Crippen LogP contribution in [0.1, 0.15) is 67.2 Å². The van der Waals surface area contributed by atoms with Crippen LogP contribution in [-0.2, 0) is 33.3 Å². The van der Waals surface area contributed by atoms with E-state index in [-0.39, 0.29) is 32.2 Å². The monoisotopic (exact) mass is 583 g/mol. The highest BCUT2D eigenvalue weighted by molar-refractivity contribution is 5.71. The van der Waals surface area contributed by atoms with E-state index in [0.29, 0.717) is 0 Å². The van der Waals surface area contributed by atoms with Gasteiger partial charge in [0.15, 0.2) is 12.6 Å². The van der Waals surface area contributed by atoms with Crippen LogP contribution in [0, 0.1) is 0 Å². The molecule has 14 nitrogen and oxygen atoms in total. The van der Waals surface area contributed by atoms with Gasteiger partial charge in [-0.1, -0.05) is 0 Å². The van der Waals surface area contributed by atoms with Gasteiger partial charge in [-0.25, -0.2) is 14.5 Å². The second-order valence-corrected chi connectivity index (χ2v) is 11.4. The van der Waals surface area contributed by atoms with E-state index in [9.17, 15) is 24.3 Å². The molecule has 4 N–H and O–H groups in total. The summed E-state index contributed by atoms with van der Waals surface area (Å²) in [4.78, 5) is 47.8. The summed E-state index contributed by atoms with van der Waals surface area (Å²) in [5.41, 5.74) is -1.83. The number of esters is 1. The van der Waals surface area contributed by atoms with Crippen LogP contribution in [0.25, 0.3) is 0 Å². The number of alkyl carbamates (subject to hydrolysis) is 1. The molecule has 0 saturated carbocycles. The van der Waals surface area contributed by atoms with Gasteiger partial charge in [-0.05, 0) is 54.4 Å². The second-order valence-electron chi connectivity index (χ2n) is 11.4. The minimum absolute atomic E-state index is 0.0273. The molecule has 2 saturated heterocycles. The third kappa shape index (κ3) is 10.3. The smallest absolute Gasteiger partial charge is 0.481 e. The van der Waals surface area contributed by atoms with Crippen molar-refractivity contribution in [3.8, 4) is 0 Å². The van der Waals surface area contributed by atoms with Gasteiger partial charge >= 0.3 is 30.1 Å².